The fourth-order valence-electron chi connectivity index (χ4n) is 1.25. The average Bonchev–Trinajstić information content (AvgIpc) is 2.74. The lowest BCUT2D eigenvalue weighted by atomic mass is 10.2. The molecule has 82 valence electrons. The Morgan fingerprint density at radius 1 is 1.31 bits per heavy atom. The number of benzene rings is 1. The molecule has 0 spiro atoms. The molecule has 2 rings (SSSR count). The van der Waals surface area contributed by atoms with E-state index in [4.69, 9.17) is 23.2 Å². The van der Waals surface area contributed by atoms with Gasteiger partial charge in [0.2, 0.25) is 0 Å². The maximum Gasteiger partial charge on any atom is 0.137 e. The van der Waals surface area contributed by atoms with Crippen molar-refractivity contribution in [3.05, 3.63) is 52.5 Å². The molecule has 0 unspecified atom stereocenters. The van der Waals surface area contributed by atoms with Crippen molar-refractivity contribution in [2.45, 2.75) is 6.54 Å². The highest BCUT2D eigenvalue weighted by Crippen LogP contribution is 2.21. The smallest absolute Gasteiger partial charge is 0.137 e. The van der Waals surface area contributed by atoms with Gasteiger partial charge >= 0.3 is 0 Å². The number of aromatic nitrogens is 3. The van der Waals surface area contributed by atoms with Gasteiger partial charge in [-0.1, -0.05) is 41.4 Å². The minimum Gasteiger partial charge on any atom is -0.249 e. The summed E-state index contributed by atoms with van der Waals surface area (Å²) in [5, 5.41) is 5.26. The van der Waals surface area contributed by atoms with E-state index in [0.717, 1.165) is 5.56 Å². The molecule has 1 aromatic heterocycles. The van der Waals surface area contributed by atoms with Crippen LogP contribution in [0.1, 0.15) is 5.56 Å². The molecule has 1 aromatic carbocycles. The molecule has 0 amide bonds. The zero-order chi connectivity index (χ0) is 11.4. The average molecular weight is 254 g/mol. The Balaban J connectivity index is 2.06. The summed E-state index contributed by atoms with van der Waals surface area (Å²) in [5.41, 5.74) is 0.936. The molecule has 16 heavy (non-hydrogen) atoms. The van der Waals surface area contributed by atoms with Gasteiger partial charge in [0.25, 0.3) is 0 Å². The van der Waals surface area contributed by atoms with Crippen LogP contribution in [-0.4, -0.2) is 14.8 Å². The summed E-state index contributed by atoms with van der Waals surface area (Å²) >= 11 is 11.8. The third-order valence-electron chi connectivity index (χ3n) is 2.02. The fourth-order valence-corrected chi connectivity index (χ4v) is 1.72. The van der Waals surface area contributed by atoms with E-state index in [1.54, 1.807) is 17.1 Å². The van der Waals surface area contributed by atoms with Crippen molar-refractivity contribution in [1.82, 2.24) is 14.8 Å². The van der Waals surface area contributed by atoms with Crippen molar-refractivity contribution >= 4 is 29.3 Å². The van der Waals surface area contributed by atoms with Crippen LogP contribution in [0.3, 0.4) is 0 Å². The molecule has 5 heteroatoms. The van der Waals surface area contributed by atoms with E-state index >= 15 is 0 Å². The van der Waals surface area contributed by atoms with Gasteiger partial charge < -0.3 is 0 Å². The van der Waals surface area contributed by atoms with Gasteiger partial charge in [-0.15, -0.1) is 0 Å². The van der Waals surface area contributed by atoms with Crippen LogP contribution in [0.25, 0.3) is 6.08 Å². The molecule has 0 atom stereocenters. The van der Waals surface area contributed by atoms with Crippen molar-refractivity contribution in [1.29, 1.82) is 0 Å². The first-order valence-electron chi connectivity index (χ1n) is 4.70. The van der Waals surface area contributed by atoms with Crippen molar-refractivity contribution in [2.24, 2.45) is 0 Å². The molecule has 0 N–H and O–H groups in total. The minimum atomic E-state index is 0.637. The second-order valence-corrected chi connectivity index (χ2v) is 4.03. The molecule has 0 radical (unpaired) electrons. The molecule has 0 aliphatic heterocycles. The number of halogens is 2. The molecule has 0 aliphatic rings. The first-order chi connectivity index (χ1) is 7.75. The predicted octanol–water partition coefficient (Wildman–Crippen LogP) is 3.30. The highest BCUT2D eigenvalue weighted by atomic mass is 35.5. The number of nitrogens with zero attached hydrogens (tertiary/aromatic N) is 3. The van der Waals surface area contributed by atoms with Crippen molar-refractivity contribution in [2.75, 3.05) is 0 Å². The van der Waals surface area contributed by atoms with Crippen LogP contribution < -0.4 is 0 Å². The van der Waals surface area contributed by atoms with E-state index in [9.17, 15) is 0 Å². The molecular formula is C11H9Cl2N3. The zero-order valence-corrected chi connectivity index (χ0v) is 9.86. The summed E-state index contributed by atoms with van der Waals surface area (Å²) in [6.45, 7) is 0.666. The van der Waals surface area contributed by atoms with Crippen molar-refractivity contribution in [3.63, 3.8) is 0 Å². The second kappa shape index (κ2) is 5.14. The molecule has 3 nitrogen and oxygen atoms in total. The van der Waals surface area contributed by atoms with Crippen LogP contribution in [0.5, 0.6) is 0 Å². The SMILES string of the molecule is Clc1ccc(C=CCn2cncn2)c(Cl)c1. The van der Waals surface area contributed by atoms with Crippen LogP contribution in [0.4, 0.5) is 0 Å². The highest BCUT2D eigenvalue weighted by Gasteiger charge is 1.96. The standard InChI is InChI=1S/C11H9Cl2N3/c12-10-4-3-9(11(13)6-10)2-1-5-16-8-14-7-15-16/h1-4,6-8H,5H2. The summed E-state index contributed by atoms with van der Waals surface area (Å²) in [6, 6.07) is 5.41. The topological polar surface area (TPSA) is 30.7 Å². The maximum absolute atomic E-state index is 6.02. The molecule has 0 aliphatic carbocycles. The summed E-state index contributed by atoms with van der Waals surface area (Å²) in [6.07, 6.45) is 7.06. The van der Waals surface area contributed by atoms with E-state index in [2.05, 4.69) is 10.1 Å². The third kappa shape index (κ3) is 2.84. The maximum atomic E-state index is 6.02. The molecule has 0 saturated carbocycles. The summed E-state index contributed by atoms with van der Waals surface area (Å²) < 4.78 is 1.72. The summed E-state index contributed by atoms with van der Waals surface area (Å²) in [4.78, 5) is 3.85. The first-order valence-corrected chi connectivity index (χ1v) is 5.45. The van der Waals surface area contributed by atoms with E-state index in [1.807, 2.05) is 24.3 Å². The van der Waals surface area contributed by atoms with Gasteiger partial charge in [0.1, 0.15) is 12.7 Å². The zero-order valence-electron chi connectivity index (χ0n) is 8.35. The van der Waals surface area contributed by atoms with Crippen molar-refractivity contribution in [3.8, 4) is 0 Å². The Morgan fingerprint density at radius 2 is 2.19 bits per heavy atom. The van der Waals surface area contributed by atoms with Gasteiger partial charge in [-0.3, -0.25) is 0 Å². The van der Waals surface area contributed by atoms with Crippen LogP contribution in [-0.2, 0) is 6.54 Å². The monoisotopic (exact) mass is 253 g/mol. The largest absolute Gasteiger partial charge is 0.249 e. The lowest BCUT2D eigenvalue weighted by Gasteiger charge is -1.98. The predicted molar refractivity (Wildman–Crippen MR) is 65.5 cm³/mol. The van der Waals surface area contributed by atoms with Gasteiger partial charge in [0, 0.05) is 10.0 Å². The van der Waals surface area contributed by atoms with Gasteiger partial charge in [0.15, 0.2) is 0 Å². The van der Waals surface area contributed by atoms with E-state index < -0.39 is 0 Å². The van der Waals surface area contributed by atoms with E-state index in [-0.39, 0.29) is 0 Å². The minimum absolute atomic E-state index is 0.637. The molecule has 2 aromatic rings. The highest BCUT2D eigenvalue weighted by molar-refractivity contribution is 6.35. The Labute approximate surface area is 103 Å². The lowest BCUT2D eigenvalue weighted by molar-refractivity contribution is 0.701. The number of hydrogen-bond donors (Lipinski definition) is 0. The summed E-state index contributed by atoms with van der Waals surface area (Å²) in [7, 11) is 0. The van der Waals surface area contributed by atoms with Crippen LogP contribution >= 0.6 is 23.2 Å². The van der Waals surface area contributed by atoms with Crippen molar-refractivity contribution < 1.29 is 0 Å². The molecular weight excluding hydrogens is 245 g/mol. The molecule has 1 heterocycles. The normalized spacial score (nSPS) is 11.1. The Hall–Kier alpha value is -1.32. The second-order valence-electron chi connectivity index (χ2n) is 3.19. The lowest BCUT2D eigenvalue weighted by Crippen LogP contribution is -1.94. The Morgan fingerprint density at radius 3 is 2.88 bits per heavy atom. The van der Waals surface area contributed by atoms with Crippen LogP contribution in [0.15, 0.2) is 36.9 Å². The quantitative estimate of drug-likeness (QED) is 0.841. The van der Waals surface area contributed by atoms with E-state index in [0.29, 0.717) is 16.6 Å². The Bertz CT molecular complexity index is 492. The molecule has 0 saturated heterocycles. The van der Waals surface area contributed by atoms with Crippen LogP contribution in [0, 0.1) is 0 Å². The third-order valence-corrected chi connectivity index (χ3v) is 2.58. The van der Waals surface area contributed by atoms with Gasteiger partial charge in [-0.2, -0.15) is 5.10 Å². The van der Waals surface area contributed by atoms with Gasteiger partial charge in [0.05, 0.1) is 6.54 Å². The van der Waals surface area contributed by atoms with Gasteiger partial charge in [-0.05, 0) is 17.7 Å². The number of hydrogen-bond acceptors (Lipinski definition) is 2. The molecule has 0 fully saturated rings. The van der Waals surface area contributed by atoms with Gasteiger partial charge in [-0.25, -0.2) is 9.67 Å². The summed E-state index contributed by atoms with van der Waals surface area (Å²) in [5.74, 6) is 0. The van der Waals surface area contributed by atoms with E-state index in [1.165, 1.54) is 6.33 Å². The number of rotatable bonds is 3. The number of allylic oxidation sites excluding steroid dienone is 1. The van der Waals surface area contributed by atoms with Crippen LogP contribution in [0.2, 0.25) is 10.0 Å². The molecule has 0 bridgehead atoms. The Kier molecular flexibility index (Phi) is 3.59. The first kappa shape index (κ1) is 11.2. The fraction of sp³-hybridized carbons (Fsp3) is 0.0909.